The monoisotopic (exact) mass is 418 g/mol. The lowest BCUT2D eigenvalue weighted by molar-refractivity contribution is -0.140. The highest BCUT2D eigenvalue weighted by molar-refractivity contribution is 5.95. The van der Waals surface area contributed by atoms with Crippen LogP contribution in [0.25, 0.3) is 11.6 Å². The van der Waals surface area contributed by atoms with Crippen molar-refractivity contribution in [3.05, 3.63) is 75.7 Å². The van der Waals surface area contributed by atoms with Gasteiger partial charge in [0.2, 0.25) is 0 Å². The minimum Gasteiger partial charge on any atom is -0.304 e. The van der Waals surface area contributed by atoms with E-state index in [1.807, 2.05) is 0 Å². The van der Waals surface area contributed by atoms with E-state index in [1.54, 1.807) is 6.07 Å². The minimum absolute atomic E-state index is 0.0249. The maximum atomic E-state index is 14.0. The highest BCUT2D eigenvalue weighted by Gasteiger charge is 2.47. The lowest BCUT2D eigenvalue weighted by Crippen LogP contribution is -2.19. The first kappa shape index (κ1) is 19.9. The van der Waals surface area contributed by atoms with Gasteiger partial charge < -0.3 is 4.98 Å². The average molecular weight is 418 g/mol. The lowest BCUT2D eigenvalue weighted by Gasteiger charge is -2.17. The Hall–Kier alpha value is -3.43. The van der Waals surface area contributed by atoms with E-state index in [4.69, 9.17) is 0 Å². The van der Waals surface area contributed by atoms with Crippen LogP contribution in [0.4, 0.5) is 17.6 Å². The maximum absolute atomic E-state index is 14.0. The molecule has 0 aliphatic heterocycles. The van der Waals surface area contributed by atoms with Crippen LogP contribution >= 0.6 is 0 Å². The summed E-state index contributed by atoms with van der Waals surface area (Å²) in [6, 6.07) is 5.33. The number of alkyl halides is 3. The predicted octanol–water partition coefficient (Wildman–Crippen LogP) is 3.69. The fourth-order valence-corrected chi connectivity index (χ4v) is 3.32. The zero-order valence-corrected chi connectivity index (χ0v) is 15.3. The zero-order valence-electron chi connectivity index (χ0n) is 15.3. The van der Waals surface area contributed by atoms with E-state index in [2.05, 4.69) is 19.9 Å². The molecule has 2 aromatic heterocycles. The number of H-pyrrole nitrogens is 1. The van der Waals surface area contributed by atoms with Gasteiger partial charge in [0.15, 0.2) is 17.4 Å². The fourth-order valence-electron chi connectivity index (χ4n) is 3.32. The third kappa shape index (κ3) is 3.85. The second-order valence-electron chi connectivity index (χ2n) is 7.12. The molecule has 0 radical (unpaired) electrons. The second-order valence-corrected chi connectivity index (χ2v) is 7.12. The summed E-state index contributed by atoms with van der Waals surface area (Å²) in [5, 5.41) is 0. The first-order valence-electron chi connectivity index (χ1n) is 8.97. The molecule has 0 bridgehead atoms. The number of nitrogens with one attached hydrogen (secondary N) is 1. The van der Waals surface area contributed by atoms with E-state index in [1.165, 1.54) is 18.5 Å². The predicted molar refractivity (Wildman–Crippen MR) is 97.1 cm³/mol. The Morgan fingerprint density at radius 2 is 1.83 bits per heavy atom. The molecule has 1 fully saturated rings. The number of carbonyl (C=O) groups excluding carboxylic acids is 1. The summed E-state index contributed by atoms with van der Waals surface area (Å²) in [5.74, 6) is -1.69. The van der Waals surface area contributed by atoms with Crippen molar-refractivity contribution in [1.82, 2.24) is 19.9 Å². The van der Waals surface area contributed by atoms with Crippen LogP contribution in [0.5, 0.6) is 0 Å². The maximum Gasteiger partial charge on any atom is 0.419 e. The van der Waals surface area contributed by atoms with E-state index in [-0.39, 0.29) is 23.8 Å². The fraction of sp³-hybridized carbons (Fsp3) is 0.250. The molecule has 2 heterocycles. The Labute approximate surface area is 167 Å². The van der Waals surface area contributed by atoms with E-state index < -0.39 is 34.3 Å². The molecule has 1 aliphatic rings. The van der Waals surface area contributed by atoms with Gasteiger partial charge in [-0.2, -0.15) is 13.2 Å². The van der Waals surface area contributed by atoms with Crippen molar-refractivity contribution >= 4 is 5.78 Å². The summed E-state index contributed by atoms with van der Waals surface area (Å²) in [5.41, 5.74) is -2.48. The largest absolute Gasteiger partial charge is 0.419 e. The van der Waals surface area contributed by atoms with Crippen LogP contribution in [0.3, 0.4) is 0 Å². The Balaban J connectivity index is 1.61. The average Bonchev–Trinajstić information content (AvgIpc) is 3.48. The summed E-state index contributed by atoms with van der Waals surface area (Å²) >= 11 is 0. The smallest absolute Gasteiger partial charge is 0.304 e. The summed E-state index contributed by atoms with van der Waals surface area (Å²) < 4.78 is 52.4. The number of rotatable bonds is 5. The summed E-state index contributed by atoms with van der Waals surface area (Å²) in [6.45, 7) is 0. The number of Topliss-reactive ketones (excluding diaryl/α,β-unsaturated/α-hetero) is 1. The first-order valence-corrected chi connectivity index (χ1v) is 8.97. The van der Waals surface area contributed by atoms with Gasteiger partial charge >= 0.3 is 6.18 Å². The molecule has 0 spiro atoms. The molecule has 30 heavy (non-hydrogen) atoms. The SMILES string of the molecule is O=C(CC1(c2ccc(C(F)(F)F)c(F)c2)CC1)c1cc(=O)[nH]c(-c2ncccn2)n1. The van der Waals surface area contributed by atoms with Crippen LogP contribution in [0.2, 0.25) is 0 Å². The van der Waals surface area contributed by atoms with E-state index in [9.17, 15) is 27.2 Å². The molecule has 1 saturated carbocycles. The summed E-state index contributed by atoms with van der Waals surface area (Å²) in [4.78, 5) is 39.3. The molecule has 0 amide bonds. The molecule has 4 rings (SSSR count). The number of aromatic nitrogens is 4. The number of benzene rings is 1. The molecule has 0 saturated heterocycles. The summed E-state index contributed by atoms with van der Waals surface area (Å²) in [6.07, 6.45) is -0.962. The quantitative estimate of drug-likeness (QED) is 0.504. The Kier molecular flexibility index (Phi) is 4.71. The van der Waals surface area contributed by atoms with E-state index >= 15 is 0 Å². The molecule has 3 aromatic rings. The molecule has 1 aromatic carbocycles. The van der Waals surface area contributed by atoms with Crippen molar-refractivity contribution in [2.24, 2.45) is 0 Å². The molecule has 1 N–H and O–H groups in total. The van der Waals surface area contributed by atoms with Gasteiger partial charge in [-0.15, -0.1) is 0 Å². The molecule has 0 atom stereocenters. The topological polar surface area (TPSA) is 88.6 Å². The molecule has 6 nitrogen and oxygen atoms in total. The van der Waals surface area contributed by atoms with E-state index in [0.717, 1.165) is 12.1 Å². The van der Waals surface area contributed by atoms with Crippen molar-refractivity contribution in [3.63, 3.8) is 0 Å². The number of hydrogen-bond acceptors (Lipinski definition) is 5. The Morgan fingerprint density at radius 3 is 2.43 bits per heavy atom. The first-order chi connectivity index (χ1) is 14.2. The molecular weight excluding hydrogens is 404 g/mol. The zero-order chi connectivity index (χ0) is 21.5. The van der Waals surface area contributed by atoms with E-state index in [0.29, 0.717) is 24.5 Å². The number of nitrogens with zero attached hydrogens (tertiary/aromatic N) is 3. The van der Waals surface area contributed by atoms with Gasteiger partial charge in [0.05, 0.1) is 5.56 Å². The number of hydrogen-bond donors (Lipinski definition) is 1. The van der Waals surface area contributed by atoms with Crippen LogP contribution in [-0.2, 0) is 11.6 Å². The van der Waals surface area contributed by atoms with Crippen LogP contribution < -0.4 is 5.56 Å². The van der Waals surface area contributed by atoms with Crippen molar-refractivity contribution in [2.45, 2.75) is 30.9 Å². The van der Waals surface area contributed by atoms with Crippen LogP contribution in [0, 0.1) is 5.82 Å². The van der Waals surface area contributed by atoms with Gasteiger partial charge in [-0.25, -0.2) is 19.3 Å². The number of ketones is 1. The third-order valence-electron chi connectivity index (χ3n) is 5.04. The molecule has 10 heteroatoms. The van der Waals surface area contributed by atoms with Crippen LogP contribution in [0.1, 0.15) is 40.9 Å². The van der Waals surface area contributed by atoms with Gasteiger partial charge in [-0.1, -0.05) is 6.07 Å². The van der Waals surface area contributed by atoms with Crippen molar-refractivity contribution in [2.75, 3.05) is 0 Å². The van der Waals surface area contributed by atoms with Gasteiger partial charge in [0, 0.05) is 30.3 Å². The van der Waals surface area contributed by atoms with Gasteiger partial charge in [-0.05, 0) is 36.6 Å². The third-order valence-corrected chi connectivity index (χ3v) is 5.04. The van der Waals surface area contributed by atoms with Gasteiger partial charge in [0.25, 0.3) is 5.56 Å². The van der Waals surface area contributed by atoms with Gasteiger partial charge in [0.1, 0.15) is 11.5 Å². The molecule has 0 unspecified atom stereocenters. The Bertz CT molecular complexity index is 1170. The minimum atomic E-state index is -4.79. The van der Waals surface area contributed by atoms with Crippen LogP contribution in [-0.4, -0.2) is 25.7 Å². The number of carbonyl (C=O) groups is 1. The van der Waals surface area contributed by atoms with Crippen LogP contribution in [0.15, 0.2) is 47.5 Å². The number of aromatic amines is 1. The molecule has 154 valence electrons. The van der Waals surface area contributed by atoms with Crippen molar-refractivity contribution in [3.8, 4) is 11.6 Å². The summed E-state index contributed by atoms with van der Waals surface area (Å²) in [7, 11) is 0. The second kappa shape index (κ2) is 7.12. The van der Waals surface area contributed by atoms with Crippen molar-refractivity contribution < 1.29 is 22.4 Å². The number of halogens is 4. The highest BCUT2D eigenvalue weighted by Crippen LogP contribution is 2.52. The standard InChI is InChI=1S/C20H14F4N4O2/c21-13-8-11(2-3-12(13)20(22,23)24)19(4-5-19)10-15(29)14-9-16(30)28-18(27-14)17-25-6-1-7-26-17/h1-3,6-9H,4-5,10H2,(H,27,28,30). The lowest BCUT2D eigenvalue weighted by atomic mass is 9.89. The highest BCUT2D eigenvalue weighted by atomic mass is 19.4. The normalized spacial score (nSPS) is 15.1. The molecule has 1 aliphatic carbocycles. The van der Waals surface area contributed by atoms with Gasteiger partial charge in [-0.3, -0.25) is 9.59 Å². The Morgan fingerprint density at radius 1 is 1.13 bits per heavy atom. The van der Waals surface area contributed by atoms with Crippen molar-refractivity contribution in [1.29, 1.82) is 0 Å². The molecular formula is C20H14F4N4O2.